The molecular formula is C20H29NO15S2. The van der Waals surface area contributed by atoms with Crippen molar-refractivity contribution in [1.29, 1.82) is 0 Å². The molecule has 0 bridgehead atoms. The van der Waals surface area contributed by atoms with Gasteiger partial charge in [-0.2, -0.15) is 8.42 Å². The van der Waals surface area contributed by atoms with E-state index in [0.717, 1.165) is 0 Å². The average molecular weight is 588 g/mol. The van der Waals surface area contributed by atoms with Crippen molar-refractivity contribution in [2.75, 3.05) is 13.2 Å². The van der Waals surface area contributed by atoms with Crippen molar-refractivity contribution >= 4 is 27.2 Å². The van der Waals surface area contributed by atoms with Crippen molar-refractivity contribution < 1.29 is 72.3 Å². The van der Waals surface area contributed by atoms with Crippen LogP contribution < -0.4 is 4.74 Å². The van der Waals surface area contributed by atoms with Crippen LogP contribution in [0, 0.1) is 0 Å². The molecule has 16 nitrogen and oxygen atoms in total. The van der Waals surface area contributed by atoms with Crippen LogP contribution in [-0.4, -0.2) is 133 Å². The number of rotatable bonds is 9. The van der Waals surface area contributed by atoms with Gasteiger partial charge in [-0.1, -0.05) is 29.1 Å². The van der Waals surface area contributed by atoms with Crippen molar-refractivity contribution in [3.05, 3.63) is 29.8 Å². The van der Waals surface area contributed by atoms with Crippen LogP contribution in [0.1, 0.15) is 5.56 Å². The zero-order valence-electron chi connectivity index (χ0n) is 19.4. The zero-order valence-corrected chi connectivity index (χ0v) is 21.1. The van der Waals surface area contributed by atoms with Crippen LogP contribution in [0.25, 0.3) is 0 Å². The summed E-state index contributed by atoms with van der Waals surface area (Å²) in [5.41, 5.74) is -0.857. The lowest BCUT2D eigenvalue weighted by Gasteiger charge is -2.39. The van der Waals surface area contributed by atoms with Crippen LogP contribution in [0.5, 0.6) is 5.75 Å². The van der Waals surface area contributed by atoms with E-state index < -0.39 is 84.2 Å². The summed E-state index contributed by atoms with van der Waals surface area (Å²) in [6.45, 7) is -1.32. The molecule has 3 rings (SSSR count). The van der Waals surface area contributed by atoms with Gasteiger partial charge in [0.25, 0.3) is 0 Å². The third-order valence-electron chi connectivity index (χ3n) is 5.71. The third kappa shape index (κ3) is 7.72. The summed E-state index contributed by atoms with van der Waals surface area (Å²) < 4.78 is 51.1. The molecule has 216 valence electrons. The summed E-state index contributed by atoms with van der Waals surface area (Å²) in [4.78, 5) is 0. The van der Waals surface area contributed by atoms with Crippen LogP contribution in [-0.2, 0) is 30.6 Å². The number of hydrogen-bond acceptors (Lipinski definition) is 16. The molecule has 0 spiro atoms. The minimum atomic E-state index is -4.99. The molecule has 0 saturated carbocycles. The first-order valence-corrected chi connectivity index (χ1v) is 13.3. The largest absolute Gasteiger partial charge is 0.466 e. The lowest BCUT2D eigenvalue weighted by Crippen LogP contribution is -2.60. The molecule has 10 atom stereocenters. The molecule has 18 heteroatoms. The van der Waals surface area contributed by atoms with Crippen LogP contribution in [0.3, 0.4) is 0 Å². The molecule has 0 unspecified atom stereocenters. The highest BCUT2D eigenvalue weighted by atomic mass is 32.3. The molecule has 2 fully saturated rings. The van der Waals surface area contributed by atoms with Gasteiger partial charge in [0.1, 0.15) is 65.1 Å². The van der Waals surface area contributed by atoms with E-state index in [0.29, 0.717) is 17.3 Å². The number of ether oxygens (including phenoxy) is 3. The standard InChI is InChI=1S/C20H29NO15S2/c22-6-10-13(24)15(26)17(28)19(34-10)33-9-3-1-8(2-4-9)5-12(21-36-38(30,31)32)37-20-18(29)16(27)14(25)11(7-23)35-20/h1-4,10-11,13-20,22-29H,5-7H2,(H,30,31,32)/b21-12-/t10-,11-,13-,14-,15+,16+,17+,18-,19+,20+/m1/s1. The monoisotopic (exact) mass is 587 g/mol. The van der Waals surface area contributed by atoms with E-state index in [4.69, 9.17) is 18.8 Å². The van der Waals surface area contributed by atoms with E-state index in [2.05, 4.69) is 9.44 Å². The number of nitrogens with zero attached hydrogens (tertiary/aromatic N) is 1. The molecule has 0 amide bonds. The maximum atomic E-state index is 11.0. The second-order valence-corrected chi connectivity index (χ2v) is 10.6. The van der Waals surface area contributed by atoms with Crippen LogP contribution in [0.15, 0.2) is 29.4 Å². The van der Waals surface area contributed by atoms with E-state index in [1.54, 1.807) is 0 Å². The predicted octanol–water partition coefficient (Wildman–Crippen LogP) is -3.93. The third-order valence-corrected chi connectivity index (χ3v) is 7.09. The van der Waals surface area contributed by atoms with E-state index in [-0.39, 0.29) is 17.2 Å². The fourth-order valence-corrected chi connectivity index (χ4v) is 4.97. The van der Waals surface area contributed by atoms with Crippen molar-refractivity contribution in [1.82, 2.24) is 0 Å². The maximum Gasteiger partial charge on any atom is 0.466 e. The quantitative estimate of drug-likeness (QED) is 0.0578. The SMILES string of the molecule is O=S(=O)(O)O/N=C(/Cc1ccc(O[C@H]2O[C@H](CO)[C@@H](O)[C@H](O)[C@@H]2O)cc1)S[C@@H]1O[C@H](CO)[C@@H](O)[C@H](O)[C@H]1O. The Morgan fingerprint density at radius 1 is 0.842 bits per heavy atom. The van der Waals surface area contributed by atoms with E-state index in [1.807, 2.05) is 0 Å². The second kappa shape index (κ2) is 13.1. The highest BCUT2D eigenvalue weighted by Crippen LogP contribution is 2.31. The molecule has 1 aromatic rings. The molecule has 2 aliphatic rings. The van der Waals surface area contributed by atoms with Gasteiger partial charge in [-0.05, 0) is 17.7 Å². The first-order valence-electron chi connectivity index (χ1n) is 11.1. The van der Waals surface area contributed by atoms with Crippen molar-refractivity contribution in [2.45, 2.75) is 67.0 Å². The van der Waals surface area contributed by atoms with Gasteiger partial charge < -0.3 is 55.1 Å². The molecule has 9 N–H and O–H groups in total. The van der Waals surface area contributed by atoms with E-state index >= 15 is 0 Å². The summed E-state index contributed by atoms with van der Waals surface area (Å²) in [6.07, 6.45) is -13.8. The summed E-state index contributed by atoms with van der Waals surface area (Å²) in [7, 11) is -4.99. The lowest BCUT2D eigenvalue weighted by atomic mass is 9.99. The first-order chi connectivity index (χ1) is 17.8. The molecule has 0 radical (unpaired) electrons. The molecule has 1 aromatic carbocycles. The molecule has 0 aliphatic carbocycles. The minimum absolute atomic E-state index is 0.146. The fraction of sp³-hybridized carbons (Fsp3) is 0.650. The molecule has 2 saturated heterocycles. The molecular weight excluding hydrogens is 558 g/mol. The van der Waals surface area contributed by atoms with Crippen LogP contribution in [0.2, 0.25) is 0 Å². The smallest absolute Gasteiger partial charge is 0.462 e. The highest BCUT2D eigenvalue weighted by Gasteiger charge is 2.45. The summed E-state index contributed by atoms with van der Waals surface area (Å²) >= 11 is 0.606. The Hall–Kier alpha value is -1.65. The predicted molar refractivity (Wildman–Crippen MR) is 126 cm³/mol. The van der Waals surface area contributed by atoms with Crippen LogP contribution in [0.4, 0.5) is 0 Å². The Labute approximate surface area is 220 Å². The van der Waals surface area contributed by atoms with Gasteiger partial charge in [-0.15, -0.1) is 0 Å². The maximum absolute atomic E-state index is 11.0. The lowest BCUT2D eigenvalue weighted by molar-refractivity contribution is -0.277. The van der Waals surface area contributed by atoms with E-state index in [1.165, 1.54) is 24.3 Å². The van der Waals surface area contributed by atoms with Gasteiger partial charge in [0.15, 0.2) is 0 Å². The number of hydrogen-bond donors (Lipinski definition) is 9. The van der Waals surface area contributed by atoms with Crippen molar-refractivity contribution in [3.8, 4) is 5.75 Å². The Balaban J connectivity index is 1.72. The second-order valence-electron chi connectivity index (χ2n) is 8.44. The summed E-state index contributed by atoms with van der Waals surface area (Å²) in [6, 6.07) is 5.79. The van der Waals surface area contributed by atoms with Crippen molar-refractivity contribution in [2.24, 2.45) is 5.16 Å². The van der Waals surface area contributed by atoms with E-state index in [9.17, 15) is 49.3 Å². The summed E-state index contributed by atoms with van der Waals surface area (Å²) in [5.74, 6) is 0.146. The average Bonchev–Trinajstić information content (AvgIpc) is 2.88. The number of aliphatic hydroxyl groups excluding tert-OH is 8. The molecule has 2 heterocycles. The number of thioether (sulfide) groups is 1. The number of benzene rings is 1. The van der Waals surface area contributed by atoms with Gasteiger partial charge in [0.05, 0.1) is 13.2 Å². The number of aliphatic hydroxyl groups is 8. The normalized spacial score (nSPS) is 36.6. The number of oxime groups is 1. The molecule has 0 aromatic heterocycles. The van der Waals surface area contributed by atoms with Gasteiger partial charge in [0.2, 0.25) is 6.29 Å². The van der Waals surface area contributed by atoms with Gasteiger partial charge in [-0.25, -0.2) is 4.28 Å². The Bertz CT molecular complexity index is 1040. The highest BCUT2D eigenvalue weighted by molar-refractivity contribution is 8.14. The van der Waals surface area contributed by atoms with Crippen LogP contribution >= 0.6 is 11.8 Å². The summed E-state index contributed by atoms with van der Waals surface area (Å²) in [5, 5.41) is 81.8. The Kier molecular flexibility index (Phi) is 10.7. The molecule has 2 aliphatic heterocycles. The minimum Gasteiger partial charge on any atom is -0.462 e. The zero-order chi connectivity index (χ0) is 28.2. The molecule has 38 heavy (non-hydrogen) atoms. The fourth-order valence-electron chi connectivity index (χ4n) is 3.64. The van der Waals surface area contributed by atoms with Gasteiger partial charge in [-0.3, -0.25) is 4.55 Å². The topological polar surface area (TPSA) is 265 Å². The first kappa shape index (κ1) is 30.9. The van der Waals surface area contributed by atoms with Gasteiger partial charge >= 0.3 is 10.4 Å². The Morgan fingerprint density at radius 3 is 1.95 bits per heavy atom. The van der Waals surface area contributed by atoms with Gasteiger partial charge in [0, 0.05) is 6.42 Å². The van der Waals surface area contributed by atoms with Crippen molar-refractivity contribution in [3.63, 3.8) is 0 Å². The Morgan fingerprint density at radius 2 is 1.39 bits per heavy atom.